The average Bonchev–Trinajstić information content (AvgIpc) is 2.74. The number of nitrogens with zero attached hydrogens (tertiary/aromatic N) is 2. The Bertz CT molecular complexity index is 839. The number of carbonyl (C=O) groups excluding carboxylic acids is 2. The largest absolute Gasteiger partial charge is 0.496 e. The van der Waals surface area contributed by atoms with Gasteiger partial charge < -0.3 is 4.74 Å². The van der Waals surface area contributed by atoms with E-state index in [4.69, 9.17) is 16.3 Å². The number of benzene rings is 2. The molecule has 29 heavy (non-hydrogen) atoms. The molecular formula is C21H25ClN4O3. The second kappa shape index (κ2) is 10.2. The molecule has 8 heteroatoms. The van der Waals surface area contributed by atoms with Crippen LogP contribution in [-0.4, -0.2) is 61.4 Å². The zero-order chi connectivity index (χ0) is 20.6. The summed E-state index contributed by atoms with van der Waals surface area (Å²) in [6.45, 7) is 4.19. The maximum atomic E-state index is 12.1. The van der Waals surface area contributed by atoms with Gasteiger partial charge in [0.15, 0.2) is 0 Å². The Morgan fingerprint density at radius 2 is 1.69 bits per heavy atom. The van der Waals surface area contributed by atoms with E-state index in [2.05, 4.69) is 20.7 Å². The molecular weight excluding hydrogens is 392 g/mol. The number of methoxy groups -OCH3 is 1. The van der Waals surface area contributed by atoms with Crippen molar-refractivity contribution in [3.8, 4) is 5.75 Å². The summed E-state index contributed by atoms with van der Waals surface area (Å²) in [5.74, 6) is 0.254. The van der Waals surface area contributed by atoms with E-state index in [9.17, 15) is 9.59 Å². The number of hydrogen-bond donors (Lipinski definition) is 2. The lowest BCUT2D eigenvalue weighted by Gasteiger charge is -2.34. The molecule has 0 bridgehead atoms. The quantitative estimate of drug-likeness (QED) is 0.704. The van der Waals surface area contributed by atoms with Gasteiger partial charge in [-0.05, 0) is 30.3 Å². The Balaban J connectivity index is 1.41. The van der Waals surface area contributed by atoms with E-state index >= 15 is 0 Å². The summed E-state index contributed by atoms with van der Waals surface area (Å²) >= 11 is 6.11. The molecule has 3 rings (SSSR count). The van der Waals surface area contributed by atoms with E-state index in [0.717, 1.165) is 44.0 Å². The molecule has 1 aliphatic rings. The summed E-state index contributed by atoms with van der Waals surface area (Å²) < 4.78 is 5.41. The molecule has 2 amide bonds. The highest BCUT2D eigenvalue weighted by molar-refractivity contribution is 6.30. The number of hydrazine groups is 1. The molecule has 0 spiro atoms. The highest BCUT2D eigenvalue weighted by Crippen LogP contribution is 2.24. The van der Waals surface area contributed by atoms with Gasteiger partial charge in [-0.2, -0.15) is 0 Å². The van der Waals surface area contributed by atoms with Gasteiger partial charge in [0.1, 0.15) is 5.75 Å². The predicted octanol–water partition coefficient (Wildman–Crippen LogP) is 1.93. The lowest BCUT2D eigenvalue weighted by atomic mass is 10.1. The first-order valence-corrected chi connectivity index (χ1v) is 9.84. The first kappa shape index (κ1) is 21.1. The zero-order valence-corrected chi connectivity index (χ0v) is 17.1. The summed E-state index contributed by atoms with van der Waals surface area (Å²) in [5.41, 5.74) is 6.47. The first-order valence-electron chi connectivity index (χ1n) is 9.46. The van der Waals surface area contributed by atoms with Crippen molar-refractivity contribution >= 4 is 23.4 Å². The van der Waals surface area contributed by atoms with Crippen molar-refractivity contribution in [2.24, 2.45) is 0 Å². The van der Waals surface area contributed by atoms with Crippen LogP contribution in [0.15, 0.2) is 48.5 Å². The number of ether oxygens (including phenoxy) is 1. The van der Waals surface area contributed by atoms with Crippen LogP contribution in [0.1, 0.15) is 15.9 Å². The van der Waals surface area contributed by atoms with Crippen LogP contribution >= 0.6 is 11.6 Å². The molecule has 0 aromatic heterocycles. The molecule has 1 fully saturated rings. The van der Waals surface area contributed by atoms with Crippen molar-refractivity contribution in [2.45, 2.75) is 6.54 Å². The lowest BCUT2D eigenvalue weighted by molar-refractivity contribution is -0.123. The summed E-state index contributed by atoms with van der Waals surface area (Å²) in [4.78, 5) is 28.5. The number of hydrogen-bond acceptors (Lipinski definition) is 5. The van der Waals surface area contributed by atoms with Gasteiger partial charge in [0.25, 0.3) is 11.8 Å². The van der Waals surface area contributed by atoms with Crippen LogP contribution in [0.2, 0.25) is 5.02 Å². The molecule has 1 heterocycles. The maximum Gasteiger partial charge on any atom is 0.269 e. The molecule has 2 N–H and O–H groups in total. The van der Waals surface area contributed by atoms with Crippen LogP contribution in [0.3, 0.4) is 0 Å². The van der Waals surface area contributed by atoms with Gasteiger partial charge in [-0.1, -0.05) is 29.8 Å². The maximum absolute atomic E-state index is 12.1. The van der Waals surface area contributed by atoms with E-state index < -0.39 is 0 Å². The van der Waals surface area contributed by atoms with E-state index in [0.29, 0.717) is 10.6 Å². The fraction of sp³-hybridized carbons (Fsp3) is 0.333. The molecule has 0 aliphatic carbocycles. The fourth-order valence-corrected chi connectivity index (χ4v) is 3.44. The summed E-state index contributed by atoms with van der Waals surface area (Å²) in [5, 5.41) is 0.689. The van der Waals surface area contributed by atoms with E-state index in [1.807, 2.05) is 24.3 Å². The average molecular weight is 417 g/mol. The number of rotatable bonds is 6. The van der Waals surface area contributed by atoms with Gasteiger partial charge >= 0.3 is 0 Å². The number of amides is 2. The molecule has 0 radical (unpaired) electrons. The normalized spacial score (nSPS) is 15.0. The summed E-state index contributed by atoms with van der Waals surface area (Å²) in [6.07, 6.45) is 0. The highest BCUT2D eigenvalue weighted by atomic mass is 35.5. The monoisotopic (exact) mass is 416 g/mol. The van der Waals surface area contributed by atoms with Crippen LogP contribution in [-0.2, 0) is 11.3 Å². The number of nitrogens with one attached hydrogen (secondary N) is 2. The Morgan fingerprint density at radius 1 is 1.00 bits per heavy atom. The third-order valence-corrected chi connectivity index (χ3v) is 5.06. The minimum absolute atomic E-state index is 0.237. The van der Waals surface area contributed by atoms with Crippen LogP contribution < -0.4 is 15.6 Å². The molecule has 2 aromatic rings. The molecule has 0 saturated carbocycles. The fourth-order valence-electron chi connectivity index (χ4n) is 3.25. The van der Waals surface area contributed by atoms with Crippen molar-refractivity contribution < 1.29 is 14.3 Å². The highest BCUT2D eigenvalue weighted by Gasteiger charge is 2.20. The van der Waals surface area contributed by atoms with Crippen LogP contribution in [0, 0.1) is 0 Å². The molecule has 7 nitrogen and oxygen atoms in total. The minimum atomic E-state index is -0.334. The Labute approximate surface area is 175 Å². The Morgan fingerprint density at radius 3 is 2.38 bits per heavy atom. The van der Waals surface area contributed by atoms with Gasteiger partial charge in [-0.3, -0.25) is 30.2 Å². The third-order valence-electron chi connectivity index (χ3n) is 4.82. The second-order valence-corrected chi connectivity index (χ2v) is 7.31. The summed E-state index contributed by atoms with van der Waals surface area (Å²) in [6, 6.07) is 14.4. The lowest BCUT2D eigenvalue weighted by Crippen LogP contribution is -2.51. The number of piperazine rings is 1. The van der Waals surface area contributed by atoms with Crippen molar-refractivity contribution in [1.29, 1.82) is 0 Å². The van der Waals surface area contributed by atoms with E-state index in [1.54, 1.807) is 31.4 Å². The van der Waals surface area contributed by atoms with Crippen molar-refractivity contribution in [2.75, 3.05) is 39.8 Å². The van der Waals surface area contributed by atoms with Crippen molar-refractivity contribution in [3.63, 3.8) is 0 Å². The molecule has 2 aromatic carbocycles. The number of carbonyl (C=O) groups is 2. The number of halogens is 1. The zero-order valence-electron chi connectivity index (χ0n) is 16.4. The molecule has 1 saturated heterocycles. The van der Waals surface area contributed by atoms with Crippen LogP contribution in [0.4, 0.5) is 0 Å². The predicted molar refractivity (Wildman–Crippen MR) is 112 cm³/mol. The molecule has 0 atom stereocenters. The van der Waals surface area contributed by atoms with Crippen molar-refractivity contribution in [1.82, 2.24) is 20.7 Å². The topological polar surface area (TPSA) is 73.9 Å². The molecule has 0 unspecified atom stereocenters. The van der Waals surface area contributed by atoms with Gasteiger partial charge in [0, 0.05) is 48.9 Å². The first-order chi connectivity index (χ1) is 14.0. The minimum Gasteiger partial charge on any atom is -0.496 e. The Hall–Kier alpha value is -2.61. The van der Waals surface area contributed by atoms with Crippen molar-refractivity contribution in [3.05, 3.63) is 64.7 Å². The standard InChI is InChI=1S/C21H25ClN4O3/c1-29-19-8-7-18(22)13-17(19)14-25-9-11-26(12-10-25)15-20(27)23-24-21(28)16-5-3-2-4-6-16/h2-8,13H,9-12,14-15H2,1H3,(H,23,27)(H,24,28). The summed E-state index contributed by atoms with van der Waals surface area (Å²) in [7, 11) is 1.65. The van der Waals surface area contributed by atoms with Crippen LogP contribution in [0.5, 0.6) is 5.75 Å². The van der Waals surface area contributed by atoms with Gasteiger partial charge in [-0.15, -0.1) is 0 Å². The molecule has 1 aliphatic heterocycles. The van der Waals surface area contributed by atoms with E-state index in [1.165, 1.54) is 0 Å². The smallest absolute Gasteiger partial charge is 0.269 e. The van der Waals surface area contributed by atoms with Gasteiger partial charge in [-0.25, -0.2) is 0 Å². The van der Waals surface area contributed by atoms with Crippen LogP contribution in [0.25, 0.3) is 0 Å². The van der Waals surface area contributed by atoms with Gasteiger partial charge in [0.2, 0.25) is 0 Å². The SMILES string of the molecule is COc1ccc(Cl)cc1CN1CCN(CC(=O)NNC(=O)c2ccccc2)CC1. The Kier molecular flexibility index (Phi) is 7.46. The second-order valence-electron chi connectivity index (χ2n) is 6.88. The van der Waals surface area contributed by atoms with E-state index in [-0.39, 0.29) is 18.4 Å². The van der Waals surface area contributed by atoms with Gasteiger partial charge in [0.05, 0.1) is 13.7 Å². The third kappa shape index (κ3) is 6.19. The molecule has 154 valence electrons.